The Bertz CT molecular complexity index is 1520. The SMILES string of the molecule is CCC(C(=O)NC1CCCC1)N(Cc1ccc(OC)cc1)C(=O)CN(c1ccc(Cl)cc1C)S(=O)(=O)c1ccc(C)cc1. The molecule has 0 aromatic heterocycles. The minimum atomic E-state index is -4.16. The number of nitrogens with zero attached hydrogens (tertiary/aromatic N) is 2. The highest BCUT2D eigenvalue weighted by atomic mass is 35.5. The molecule has 1 fully saturated rings. The molecule has 0 radical (unpaired) electrons. The summed E-state index contributed by atoms with van der Waals surface area (Å²) in [6, 6.07) is 17.9. The van der Waals surface area contributed by atoms with Crippen LogP contribution in [-0.4, -0.2) is 50.9 Å². The molecule has 0 bridgehead atoms. The molecular weight excluding hydrogens is 586 g/mol. The van der Waals surface area contributed by atoms with E-state index in [1.54, 1.807) is 56.5 Å². The Morgan fingerprint density at radius 3 is 2.23 bits per heavy atom. The quantitative estimate of drug-likeness (QED) is 0.265. The van der Waals surface area contributed by atoms with Crippen LogP contribution in [0.25, 0.3) is 0 Å². The molecular formula is C33H40ClN3O5S. The van der Waals surface area contributed by atoms with Crippen molar-refractivity contribution in [3.05, 3.63) is 88.4 Å². The van der Waals surface area contributed by atoms with E-state index in [1.165, 1.54) is 17.0 Å². The summed E-state index contributed by atoms with van der Waals surface area (Å²) in [5.74, 6) is -0.0534. The second-order valence-electron chi connectivity index (χ2n) is 11.0. The summed E-state index contributed by atoms with van der Waals surface area (Å²) in [5, 5.41) is 3.59. The molecule has 3 aromatic carbocycles. The zero-order chi connectivity index (χ0) is 31.1. The number of rotatable bonds is 12. The molecule has 1 unspecified atom stereocenters. The maximum absolute atomic E-state index is 14.3. The zero-order valence-electron chi connectivity index (χ0n) is 25.2. The molecule has 1 atom stereocenters. The Hall–Kier alpha value is -3.56. The number of halogens is 1. The van der Waals surface area contributed by atoms with Crippen LogP contribution in [0, 0.1) is 13.8 Å². The summed E-state index contributed by atoms with van der Waals surface area (Å²) >= 11 is 6.21. The third kappa shape index (κ3) is 7.89. The van der Waals surface area contributed by atoms with Gasteiger partial charge in [0.2, 0.25) is 11.8 Å². The number of carbonyl (C=O) groups is 2. The Kier molecular flexibility index (Phi) is 10.7. The third-order valence-corrected chi connectivity index (χ3v) is 9.92. The van der Waals surface area contributed by atoms with Crippen molar-refractivity contribution in [2.24, 2.45) is 0 Å². The average molecular weight is 626 g/mol. The fraction of sp³-hybridized carbons (Fsp3) is 0.394. The summed E-state index contributed by atoms with van der Waals surface area (Å²) < 4.78 is 34.6. The lowest BCUT2D eigenvalue weighted by molar-refractivity contribution is -0.140. The second kappa shape index (κ2) is 14.3. The smallest absolute Gasteiger partial charge is 0.264 e. The first kappa shape index (κ1) is 32.4. The molecule has 0 spiro atoms. The normalized spacial score (nSPS) is 14.3. The number of aryl methyl sites for hydroxylation is 2. The molecule has 0 heterocycles. The van der Waals surface area contributed by atoms with E-state index in [1.807, 2.05) is 26.0 Å². The fourth-order valence-corrected chi connectivity index (χ4v) is 7.17. The molecule has 230 valence electrons. The molecule has 0 aliphatic heterocycles. The third-order valence-electron chi connectivity index (χ3n) is 7.91. The van der Waals surface area contributed by atoms with E-state index in [2.05, 4.69) is 5.32 Å². The summed E-state index contributed by atoms with van der Waals surface area (Å²) in [4.78, 5) is 29.4. The van der Waals surface area contributed by atoms with E-state index < -0.39 is 28.5 Å². The molecule has 0 saturated heterocycles. The Balaban J connectivity index is 1.73. The van der Waals surface area contributed by atoms with Gasteiger partial charge in [0.1, 0.15) is 18.3 Å². The van der Waals surface area contributed by atoms with E-state index in [4.69, 9.17) is 16.3 Å². The van der Waals surface area contributed by atoms with E-state index in [0.717, 1.165) is 41.1 Å². The van der Waals surface area contributed by atoms with Gasteiger partial charge in [-0.3, -0.25) is 13.9 Å². The summed E-state index contributed by atoms with van der Waals surface area (Å²) in [6.45, 7) is 5.11. The lowest BCUT2D eigenvalue weighted by Crippen LogP contribution is -2.53. The largest absolute Gasteiger partial charge is 0.497 e. The van der Waals surface area contributed by atoms with Gasteiger partial charge in [0.25, 0.3) is 10.0 Å². The summed E-state index contributed by atoms with van der Waals surface area (Å²) in [6.07, 6.45) is 4.30. The molecule has 8 nitrogen and oxygen atoms in total. The van der Waals surface area contributed by atoms with Gasteiger partial charge in [-0.1, -0.05) is 61.2 Å². The van der Waals surface area contributed by atoms with Crippen molar-refractivity contribution in [2.45, 2.75) is 76.4 Å². The van der Waals surface area contributed by atoms with Crippen LogP contribution >= 0.6 is 11.6 Å². The Morgan fingerprint density at radius 1 is 1.00 bits per heavy atom. The van der Waals surface area contributed by atoms with Crippen LogP contribution in [0.1, 0.15) is 55.7 Å². The topological polar surface area (TPSA) is 96.0 Å². The fourth-order valence-electron chi connectivity index (χ4n) is 5.46. The van der Waals surface area contributed by atoms with E-state index in [-0.39, 0.29) is 23.4 Å². The van der Waals surface area contributed by atoms with Gasteiger partial charge in [-0.25, -0.2) is 8.42 Å². The van der Waals surface area contributed by atoms with Crippen LogP contribution in [0.2, 0.25) is 5.02 Å². The second-order valence-corrected chi connectivity index (χ2v) is 13.3. The number of benzene rings is 3. The van der Waals surface area contributed by atoms with Gasteiger partial charge in [-0.05, 0) is 86.7 Å². The van der Waals surface area contributed by atoms with E-state index >= 15 is 0 Å². The highest BCUT2D eigenvalue weighted by Gasteiger charge is 2.35. The van der Waals surface area contributed by atoms with Gasteiger partial charge in [-0.2, -0.15) is 0 Å². The maximum atomic E-state index is 14.3. The van der Waals surface area contributed by atoms with Gasteiger partial charge in [0.15, 0.2) is 0 Å². The molecule has 4 rings (SSSR count). The van der Waals surface area contributed by atoms with Crippen molar-refractivity contribution in [2.75, 3.05) is 18.0 Å². The lowest BCUT2D eigenvalue weighted by Gasteiger charge is -2.34. The first-order chi connectivity index (χ1) is 20.5. The number of methoxy groups -OCH3 is 1. The number of anilines is 1. The van der Waals surface area contributed by atoms with Crippen molar-refractivity contribution in [1.82, 2.24) is 10.2 Å². The van der Waals surface area contributed by atoms with Gasteiger partial charge >= 0.3 is 0 Å². The number of sulfonamides is 1. The van der Waals surface area contributed by atoms with Crippen LogP contribution in [0.3, 0.4) is 0 Å². The van der Waals surface area contributed by atoms with Crippen LogP contribution in [0.4, 0.5) is 5.69 Å². The highest BCUT2D eigenvalue weighted by Crippen LogP contribution is 2.30. The first-order valence-corrected chi connectivity index (χ1v) is 16.4. The number of amides is 2. The van der Waals surface area contributed by atoms with Crippen molar-refractivity contribution >= 4 is 39.1 Å². The molecule has 43 heavy (non-hydrogen) atoms. The van der Waals surface area contributed by atoms with Crippen LogP contribution in [0.5, 0.6) is 5.75 Å². The van der Waals surface area contributed by atoms with Crippen molar-refractivity contribution < 1.29 is 22.7 Å². The van der Waals surface area contributed by atoms with Gasteiger partial charge in [0.05, 0.1) is 17.7 Å². The molecule has 1 N–H and O–H groups in total. The summed E-state index contributed by atoms with van der Waals surface area (Å²) in [5.41, 5.74) is 2.64. The number of carbonyl (C=O) groups excluding carboxylic acids is 2. The number of hydrogen-bond acceptors (Lipinski definition) is 5. The number of hydrogen-bond donors (Lipinski definition) is 1. The standard InChI is InChI=1S/C33H40ClN3O5S/c1-5-30(33(39)35-27-8-6-7-9-27)36(21-25-12-15-28(42-4)16-13-25)32(38)22-37(31-19-14-26(34)20-24(31)3)43(40,41)29-17-10-23(2)11-18-29/h10-20,27,30H,5-9,21-22H2,1-4H3,(H,35,39). The predicted octanol–water partition coefficient (Wildman–Crippen LogP) is 6.03. The van der Waals surface area contributed by atoms with Crippen LogP contribution in [0.15, 0.2) is 71.6 Å². The minimum Gasteiger partial charge on any atom is -0.497 e. The molecule has 10 heteroatoms. The highest BCUT2D eigenvalue weighted by molar-refractivity contribution is 7.92. The van der Waals surface area contributed by atoms with E-state index in [0.29, 0.717) is 28.4 Å². The van der Waals surface area contributed by atoms with Crippen LogP contribution < -0.4 is 14.4 Å². The summed E-state index contributed by atoms with van der Waals surface area (Å²) in [7, 11) is -2.59. The van der Waals surface area contributed by atoms with Gasteiger partial charge in [-0.15, -0.1) is 0 Å². The Morgan fingerprint density at radius 2 is 1.65 bits per heavy atom. The maximum Gasteiger partial charge on any atom is 0.264 e. The molecule has 2 amide bonds. The van der Waals surface area contributed by atoms with Crippen molar-refractivity contribution in [3.8, 4) is 5.75 Å². The Labute approximate surface area is 260 Å². The number of ether oxygens (including phenoxy) is 1. The number of nitrogens with one attached hydrogen (secondary N) is 1. The average Bonchev–Trinajstić information content (AvgIpc) is 3.49. The predicted molar refractivity (Wildman–Crippen MR) is 170 cm³/mol. The van der Waals surface area contributed by atoms with Crippen molar-refractivity contribution in [1.29, 1.82) is 0 Å². The molecule has 3 aromatic rings. The van der Waals surface area contributed by atoms with Gasteiger partial charge in [0, 0.05) is 17.6 Å². The minimum absolute atomic E-state index is 0.0629. The molecule has 1 saturated carbocycles. The molecule has 1 aliphatic rings. The zero-order valence-corrected chi connectivity index (χ0v) is 26.7. The van der Waals surface area contributed by atoms with E-state index in [9.17, 15) is 18.0 Å². The monoisotopic (exact) mass is 625 g/mol. The molecule has 1 aliphatic carbocycles. The van der Waals surface area contributed by atoms with Gasteiger partial charge < -0.3 is 15.0 Å². The lowest BCUT2D eigenvalue weighted by atomic mass is 10.1. The van der Waals surface area contributed by atoms with Crippen LogP contribution in [-0.2, 0) is 26.2 Å². The first-order valence-electron chi connectivity index (χ1n) is 14.6. The van der Waals surface area contributed by atoms with Crippen molar-refractivity contribution in [3.63, 3.8) is 0 Å².